The molecule has 2 N–H and O–H groups in total. The summed E-state index contributed by atoms with van der Waals surface area (Å²) in [7, 11) is 1.54. The standard InChI is InChI=1S/C18H23N3O4/c1-4-11-25-16-9-5-7-14(17(16)21-13(2)20-12-23)15(8-6-10-22)18(24)19-3/h4-5,7,9-10,12,15H,1,6,8,11H2,2-3H3,(H,19,24)(H,20,21,23). The second kappa shape index (κ2) is 10.7. The Morgan fingerprint density at radius 3 is 2.76 bits per heavy atom. The summed E-state index contributed by atoms with van der Waals surface area (Å²) in [5.74, 6) is 0.0341. The van der Waals surface area contributed by atoms with E-state index in [1.807, 2.05) is 0 Å². The predicted molar refractivity (Wildman–Crippen MR) is 96.2 cm³/mol. The predicted octanol–water partition coefficient (Wildman–Crippen LogP) is 1.86. The first-order chi connectivity index (χ1) is 12.1. The maximum atomic E-state index is 12.3. The first kappa shape index (κ1) is 20.1. The van der Waals surface area contributed by atoms with Gasteiger partial charge in [-0.3, -0.25) is 9.59 Å². The highest BCUT2D eigenvalue weighted by atomic mass is 16.5. The molecule has 0 aromatic heterocycles. The molecule has 0 saturated carbocycles. The van der Waals surface area contributed by atoms with E-state index in [2.05, 4.69) is 22.2 Å². The highest BCUT2D eigenvalue weighted by Gasteiger charge is 2.24. The minimum absolute atomic E-state index is 0.222. The summed E-state index contributed by atoms with van der Waals surface area (Å²) in [5, 5.41) is 5.08. The average Bonchev–Trinajstić information content (AvgIpc) is 2.61. The van der Waals surface area contributed by atoms with E-state index in [0.29, 0.717) is 35.7 Å². The van der Waals surface area contributed by atoms with Crippen molar-refractivity contribution in [2.75, 3.05) is 13.7 Å². The monoisotopic (exact) mass is 345 g/mol. The van der Waals surface area contributed by atoms with E-state index in [9.17, 15) is 14.4 Å². The van der Waals surface area contributed by atoms with Crippen LogP contribution in [0, 0.1) is 0 Å². The second-order valence-electron chi connectivity index (χ2n) is 5.16. The normalized spacial score (nSPS) is 12.0. The number of carbonyl (C=O) groups excluding carboxylic acids is 3. The van der Waals surface area contributed by atoms with Crippen LogP contribution in [-0.4, -0.2) is 38.1 Å². The summed E-state index contributed by atoms with van der Waals surface area (Å²) in [5.41, 5.74) is 1.06. The Morgan fingerprint density at radius 1 is 1.40 bits per heavy atom. The van der Waals surface area contributed by atoms with E-state index in [-0.39, 0.29) is 18.9 Å². The molecule has 7 heteroatoms. The van der Waals surface area contributed by atoms with Crippen LogP contribution in [0.1, 0.15) is 31.2 Å². The molecule has 0 saturated heterocycles. The zero-order valence-electron chi connectivity index (χ0n) is 14.5. The van der Waals surface area contributed by atoms with Crippen LogP contribution in [0.25, 0.3) is 0 Å². The van der Waals surface area contributed by atoms with Crippen molar-refractivity contribution in [1.29, 1.82) is 0 Å². The van der Waals surface area contributed by atoms with Gasteiger partial charge in [0, 0.05) is 13.5 Å². The Labute approximate surface area is 147 Å². The summed E-state index contributed by atoms with van der Waals surface area (Å²) in [6.45, 7) is 5.51. The molecule has 1 rings (SSSR count). The number of likely N-dealkylation sites (N-methyl/N-ethyl adjacent to an activating group) is 1. The highest BCUT2D eigenvalue weighted by molar-refractivity contribution is 5.92. The Bertz CT molecular complexity index is 656. The summed E-state index contributed by atoms with van der Waals surface area (Å²) >= 11 is 0. The maximum absolute atomic E-state index is 12.3. The molecule has 0 radical (unpaired) electrons. The number of aliphatic imine (C=N–C) groups is 1. The van der Waals surface area contributed by atoms with Gasteiger partial charge < -0.3 is 20.2 Å². The average molecular weight is 345 g/mol. The van der Waals surface area contributed by atoms with Gasteiger partial charge in [0.05, 0.1) is 5.92 Å². The summed E-state index contributed by atoms with van der Waals surface area (Å²) < 4.78 is 5.63. The molecular weight excluding hydrogens is 322 g/mol. The molecule has 1 aromatic rings. The Kier molecular flexibility index (Phi) is 8.63. The van der Waals surface area contributed by atoms with Gasteiger partial charge in [-0.15, -0.1) is 0 Å². The summed E-state index contributed by atoms with van der Waals surface area (Å²) in [4.78, 5) is 38.1. The minimum atomic E-state index is -0.565. The van der Waals surface area contributed by atoms with Crippen molar-refractivity contribution in [2.24, 2.45) is 4.99 Å². The SMILES string of the molecule is C=CCOc1cccc(C(CCC=O)C(=O)NC)c1N=C(C)NC=O. The van der Waals surface area contributed by atoms with Crippen LogP contribution in [0.4, 0.5) is 5.69 Å². The molecule has 1 atom stereocenters. The Hall–Kier alpha value is -2.96. The molecule has 134 valence electrons. The number of amides is 2. The van der Waals surface area contributed by atoms with Gasteiger partial charge in [-0.2, -0.15) is 0 Å². The van der Waals surface area contributed by atoms with Crippen molar-refractivity contribution in [3.63, 3.8) is 0 Å². The fraction of sp³-hybridized carbons (Fsp3) is 0.333. The molecule has 1 aromatic carbocycles. The number of amidine groups is 1. The molecule has 0 aliphatic rings. The van der Waals surface area contributed by atoms with Crippen molar-refractivity contribution < 1.29 is 19.1 Å². The van der Waals surface area contributed by atoms with Crippen LogP contribution in [0.15, 0.2) is 35.8 Å². The van der Waals surface area contributed by atoms with Gasteiger partial charge in [0.15, 0.2) is 0 Å². The number of rotatable bonds is 10. The smallest absolute Gasteiger partial charge is 0.227 e. The van der Waals surface area contributed by atoms with Crippen molar-refractivity contribution >= 4 is 30.1 Å². The molecule has 2 amide bonds. The fourth-order valence-electron chi connectivity index (χ4n) is 2.33. The van der Waals surface area contributed by atoms with Crippen molar-refractivity contribution in [3.05, 3.63) is 36.4 Å². The number of benzene rings is 1. The maximum Gasteiger partial charge on any atom is 0.227 e. The topological polar surface area (TPSA) is 96.9 Å². The van der Waals surface area contributed by atoms with Gasteiger partial charge in [-0.1, -0.05) is 24.8 Å². The highest BCUT2D eigenvalue weighted by Crippen LogP contribution is 2.38. The molecular formula is C18H23N3O4. The van der Waals surface area contributed by atoms with Crippen molar-refractivity contribution in [2.45, 2.75) is 25.7 Å². The molecule has 7 nitrogen and oxygen atoms in total. The van der Waals surface area contributed by atoms with Crippen LogP contribution in [-0.2, 0) is 14.4 Å². The van der Waals surface area contributed by atoms with Gasteiger partial charge in [0.25, 0.3) is 0 Å². The number of ether oxygens (including phenoxy) is 1. The molecule has 0 aliphatic carbocycles. The van der Waals surface area contributed by atoms with Crippen molar-refractivity contribution in [1.82, 2.24) is 10.6 Å². The second-order valence-corrected chi connectivity index (χ2v) is 5.16. The number of hydrogen-bond acceptors (Lipinski definition) is 5. The Balaban J connectivity index is 3.45. The molecule has 1 unspecified atom stereocenters. The fourth-order valence-corrected chi connectivity index (χ4v) is 2.33. The lowest BCUT2D eigenvalue weighted by Crippen LogP contribution is -2.26. The van der Waals surface area contributed by atoms with Crippen LogP contribution in [0.3, 0.4) is 0 Å². The van der Waals surface area contributed by atoms with Gasteiger partial charge in [-0.05, 0) is 25.0 Å². The van der Waals surface area contributed by atoms with Crippen LogP contribution in [0.2, 0.25) is 0 Å². The van der Waals surface area contributed by atoms with Gasteiger partial charge in [0.1, 0.15) is 30.2 Å². The minimum Gasteiger partial charge on any atom is -0.487 e. The van der Waals surface area contributed by atoms with Crippen LogP contribution < -0.4 is 15.4 Å². The number of para-hydroxylation sites is 1. The zero-order chi connectivity index (χ0) is 18.7. The molecule has 0 fully saturated rings. The van der Waals surface area contributed by atoms with E-state index in [4.69, 9.17) is 4.74 Å². The largest absolute Gasteiger partial charge is 0.487 e. The van der Waals surface area contributed by atoms with Gasteiger partial charge in [-0.25, -0.2) is 4.99 Å². The summed E-state index contributed by atoms with van der Waals surface area (Å²) in [6.07, 6.45) is 3.48. The van der Waals surface area contributed by atoms with Gasteiger partial charge >= 0.3 is 0 Å². The first-order valence-corrected chi connectivity index (χ1v) is 7.86. The third kappa shape index (κ3) is 5.87. The lowest BCUT2D eigenvalue weighted by Gasteiger charge is -2.19. The zero-order valence-corrected chi connectivity index (χ0v) is 14.5. The number of hydrogen-bond donors (Lipinski definition) is 2. The molecule has 0 spiro atoms. The number of aldehydes is 1. The van der Waals surface area contributed by atoms with Crippen LogP contribution >= 0.6 is 0 Å². The van der Waals surface area contributed by atoms with E-state index >= 15 is 0 Å². The number of nitrogens with one attached hydrogen (secondary N) is 2. The third-order valence-corrected chi connectivity index (χ3v) is 3.45. The third-order valence-electron chi connectivity index (χ3n) is 3.45. The molecule has 0 bridgehead atoms. The van der Waals surface area contributed by atoms with E-state index in [0.717, 1.165) is 6.29 Å². The van der Waals surface area contributed by atoms with Crippen molar-refractivity contribution in [3.8, 4) is 5.75 Å². The number of nitrogens with zero attached hydrogens (tertiary/aromatic N) is 1. The molecule has 0 aliphatic heterocycles. The van der Waals surface area contributed by atoms with Crippen LogP contribution in [0.5, 0.6) is 5.75 Å². The summed E-state index contributed by atoms with van der Waals surface area (Å²) in [6, 6.07) is 5.24. The van der Waals surface area contributed by atoms with E-state index in [1.165, 1.54) is 7.05 Å². The lowest BCUT2D eigenvalue weighted by molar-refractivity contribution is -0.122. The van der Waals surface area contributed by atoms with E-state index < -0.39 is 5.92 Å². The van der Waals surface area contributed by atoms with Gasteiger partial charge in [0.2, 0.25) is 12.3 Å². The molecule has 0 heterocycles. The lowest BCUT2D eigenvalue weighted by atomic mass is 9.91. The number of carbonyl (C=O) groups is 3. The van der Waals surface area contributed by atoms with E-state index in [1.54, 1.807) is 31.2 Å². The molecule has 25 heavy (non-hydrogen) atoms. The quantitative estimate of drug-likeness (QED) is 0.293. The Morgan fingerprint density at radius 2 is 2.16 bits per heavy atom. The first-order valence-electron chi connectivity index (χ1n) is 7.86.